The molecule has 7 nitrogen and oxygen atoms in total. The monoisotopic (exact) mass is 352 g/mol. The van der Waals surface area contributed by atoms with E-state index >= 15 is 0 Å². The van der Waals surface area contributed by atoms with Crippen LogP contribution in [0.5, 0.6) is 0 Å². The standard InChI is InChI=1S/C19H20N4O3/c1-3-22-18(25)15-9-4-5-10-16(15)23(19(22)26)13-17(24)21(2)12-14-8-6-7-11-20-14/h4-11H,3,12-13H2,1-2H3. The number of aromatic nitrogens is 3. The Labute approximate surface area is 150 Å². The summed E-state index contributed by atoms with van der Waals surface area (Å²) in [5.41, 5.74) is 0.417. The first-order chi connectivity index (χ1) is 12.5. The number of carbonyl (C=O) groups excluding carboxylic acids is 1. The molecule has 0 atom stereocenters. The van der Waals surface area contributed by atoms with Gasteiger partial charge in [0.2, 0.25) is 5.91 Å². The van der Waals surface area contributed by atoms with Crippen LogP contribution in [0.2, 0.25) is 0 Å². The van der Waals surface area contributed by atoms with E-state index in [1.54, 1.807) is 44.4 Å². The van der Waals surface area contributed by atoms with Crippen LogP contribution in [0, 0.1) is 0 Å². The number of pyridine rings is 1. The summed E-state index contributed by atoms with van der Waals surface area (Å²) in [6, 6.07) is 12.3. The SMILES string of the molecule is CCn1c(=O)c2ccccc2n(CC(=O)N(C)Cc2ccccn2)c1=O. The van der Waals surface area contributed by atoms with E-state index in [9.17, 15) is 14.4 Å². The topological polar surface area (TPSA) is 77.2 Å². The van der Waals surface area contributed by atoms with Gasteiger partial charge in [-0.1, -0.05) is 18.2 Å². The first-order valence-electron chi connectivity index (χ1n) is 8.39. The minimum Gasteiger partial charge on any atom is -0.338 e. The molecule has 0 saturated heterocycles. The van der Waals surface area contributed by atoms with Gasteiger partial charge in [0.15, 0.2) is 0 Å². The Morgan fingerprint density at radius 2 is 1.81 bits per heavy atom. The minimum absolute atomic E-state index is 0.136. The van der Waals surface area contributed by atoms with E-state index in [1.165, 1.54) is 9.47 Å². The van der Waals surface area contributed by atoms with Crippen LogP contribution in [-0.4, -0.2) is 32.0 Å². The van der Waals surface area contributed by atoms with Crippen LogP contribution in [-0.2, 0) is 24.4 Å². The number of likely N-dealkylation sites (N-methyl/N-ethyl adjacent to an activating group) is 1. The third kappa shape index (κ3) is 3.28. The molecule has 3 rings (SSSR count). The zero-order chi connectivity index (χ0) is 18.7. The van der Waals surface area contributed by atoms with Crippen molar-refractivity contribution in [1.82, 2.24) is 19.0 Å². The zero-order valence-electron chi connectivity index (χ0n) is 14.8. The van der Waals surface area contributed by atoms with E-state index in [0.717, 1.165) is 10.3 Å². The minimum atomic E-state index is -0.476. The summed E-state index contributed by atoms with van der Waals surface area (Å²) in [6.07, 6.45) is 1.67. The third-order valence-electron chi connectivity index (χ3n) is 4.29. The molecular formula is C19H20N4O3. The highest BCUT2D eigenvalue weighted by Crippen LogP contribution is 2.08. The Hall–Kier alpha value is -3.22. The smallest absolute Gasteiger partial charge is 0.331 e. The first-order valence-corrected chi connectivity index (χ1v) is 8.39. The Morgan fingerprint density at radius 1 is 1.08 bits per heavy atom. The number of hydrogen-bond donors (Lipinski definition) is 0. The lowest BCUT2D eigenvalue weighted by Crippen LogP contribution is -2.42. The molecule has 1 amide bonds. The van der Waals surface area contributed by atoms with Gasteiger partial charge >= 0.3 is 5.69 Å². The Morgan fingerprint density at radius 3 is 2.50 bits per heavy atom. The van der Waals surface area contributed by atoms with Gasteiger partial charge < -0.3 is 4.90 Å². The van der Waals surface area contributed by atoms with Gasteiger partial charge in [0.1, 0.15) is 6.54 Å². The lowest BCUT2D eigenvalue weighted by atomic mass is 10.2. The molecule has 0 spiro atoms. The molecule has 0 saturated carbocycles. The number of rotatable bonds is 5. The summed E-state index contributed by atoms with van der Waals surface area (Å²) < 4.78 is 2.51. The summed E-state index contributed by atoms with van der Waals surface area (Å²) in [5, 5.41) is 0.425. The third-order valence-corrected chi connectivity index (χ3v) is 4.29. The van der Waals surface area contributed by atoms with Crippen LogP contribution in [0.3, 0.4) is 0 Å². The number of fused-ring (bicyclic) bond motifs is 1. The maximum absolute atomic E-state index is 12.7. The van der Waals surface area contributed by atoms with Crippen LogP contribution >= 0.6 is 0 Å². The zero-order valence-corrected chi connectivity index (χ0v) is 14.8. The fourth-order valence-electron chi connectivity index (χ4n) is 2.88. The van der Waals surface area contributed by atoms with Crippen molar-refractivity contribution in [2.24, 2.45) is 0 Å². The molecule has 0 N–H and O–H groups in total. The van der Waals surface area contributed by atoms with Crippen molar-refractivity contribution >= 4 is 16.8 Å². The Balaban J connectivity index is 1.97. The van der Waals surface area contributed by atoms with Gasteiger partial charge in [0.05, 0.1) is 23.1 Å². The average Bonchev–Trinajstić information content (AvgIpc) is 2.66. The lowest BCUT2D eigenvalue weighted by Gasteiger charge is -2.19. The number of carbonyl (C=O) groups is 1. The van der Waals surface area contributed by atoms with E-state index in [-0.39, 0.29) is 24.6 Å². The van der Waals surface area contributed by atoms with Gasteiger partial charge in [-0.25, -0.2) is 4.79 Å². The summed E-state index contributed by atoms with van der Waals surface area (Å²) in [7, 11) is 1.67. The molecule has 1 aromatic carbocycles. The van der Waals surface area contributed by atoms with Crippen molar-refractivity contribution in [3.05, 3.63) is 75.2 Å². The molecule has 0 fully saturated rings. The van der Waals surface area contributed by atoms with E-state index < -0.39 is 5.69 Å². The molecule has 7 heteroatoms. The summed E-state index contributed by atoms with van der Waals surface area (Å²) in [5.74, 6) is -0.232. The number of para-hydroxylation sites is 1. The summed E-state index contributed by atoms with van der Waals surface area (Å²) in [4.78, 5) is 43.5. The molecule has 0 aliphatic rings. The molecule has 0 unspecified atom stereocenters. The van der Waals surface area contributed by atoms with Crippen LogP contribution in [0.1, 0.15) is 12.6 Å². The highest BCUT2D eigenvalue weighted by molar-refractivity contribution is 5.81. The van der Waals surface area contributed by atoms with Gasteiger partial charge in [-0.3, -0.25) is 23.7 Å². The molecule has 2 heterocycles. The predicted octanol–water partition coefficient (Wildman–Crippen LogP) is 1.24. The quantitative estimate of drug-likeness (QED) is 0.692. The van der Waals surface area contributed by atoms with E-state index in [2.05, 4.69) is 4.98 Å². The number of amides is 1. The van der Waals surface area contributed by atoms with Gasteiger partial charge in [-0.05, 0) is 31.2 Å². The van der Waals surface area contributed by atoms with Crippen molar-refractivity contribution in [2.75, 3.05) is 7.05 Å². The van der Waals surface area contributed by atoms with Gasteiger partial charge in [-0.15, -0.1) is 0 Å². The molecule has 0 aliphatic heterocycles. The van der Waals surface area contributed by atoms with Crippen LogP contribution in [0.4, 0.5) is 0 Å². The highest BCUT2D eigenvalue weighted by Gasteiger charge is 2.16. The van der Waals surface area contributed by atoms with Crippen molar-refractivity contribution in [3.8, 4) is 0 Å². The lowest BCUT2D eigenvalue weighted by molar-refractivity contribution is -0.131. The number of hydrogen-bond acceptors (Lipinski definition) is 4. The van der Waals surface area contributed by atoms with E-state index in [1.807, 2.05) is 18.2 Å². The van der Waals surface area contributed by atoms with Crippen LogP contribution < -0.4 is 11.2 Å². The first kappa shape index (κ1) is 17.6. The number of nitrogens with zero attached hydrogens (tertiary/aromatic N) is 4. The van der Waals surface area contributed by atoms with Crippen molar-refractivity contribution in [2.45, 2.75) is 26.6 Å². The normalized spacial score (nSPS) is 10.8. The summed E-state index contributed by atoms with van der Waals surface area (Å²) in [6.45, 7) is 2.19. The van der Waals surface area contributed by atoms with E-state index in [0.29, 0.717) is 17.4 Å². The Bertz CT molecular complexity index is 1050. The maximum Gasteiger partial charge on any atom is 0.331 e. The maximum atomic E-state index is 12.7. The molecule has 2 aromatic heterocycles. The second kappa shape index (κ2) is 7.35. The summed E-state index contributed by atoms with van der Waals surface area (Å²) >= 11 is 0. The van der Waals surface area contributed by atoms with Crippen LogP contribution in [0.15, 0.2) is 58.3 Å². The fourth-order valence-corrected chi connectivity index (χ4v) is 2.88. The Kier molecular flexibility index (Phi) is 4.97. The van der Waals surface area contributed by atoms with E-state index in [4.69, 9.17) is 0 Å². The van der Waals surface area contributed by atoms with Crippen LogP contribution in [0.25, 0.3) is 10.9 Å². The van der Waals surface area contributed by atoms with Crippen molar-refractivity contribution in [3.63, 3.8) is 0 Å². The van der Waals surface area contributed by atoms with Gasteiger partial charge in [-0.2, -0.15) is 0 Å². The fraction of sp³-hybridized carbons (Fsp3) is 0.263. The van der Waals surface area contributed by atoms with Crippen molar-refractivity contribution in [1.29, 1.82) is 0 Å². The highest BCUT2D eigenvalue weighted by atomic mass is 16.2. The average molecular weight is 352 g/mol. The van der Waals surface area contributed by atoms with Crippen molar-refractivity contribution < 1.29 is 4.79 Å². The molecule has 26 heavy (non-hydrogen) atoms. The second-order valence-electron chi connectivity index (χ2n) is 6.01. The molecule has 134 valence electrons. The molecule has 0 radical (unpaired) electrons. The molecule has 3 aromatic rings. The van der Waals surface area contributed by atoms with Gasteiger partial charge in [0.25, 0.3) is 5.56 Å². The molecular weight excluding hydrogens is 332 g/mol. The van der Waals surface area contributed by atoms with Gasteiger partial charge in [0, 0.05) is 19.8 Å². The number of benzene rings is 1. The molecule has 0 aliphatic carbocycles. The second-order valence-corrected chi connectivity index (χ2v) is 6.01. The largest absolute Gasteiger partial charge is 0.338 e. The predicted molar refractivity (Wildman–Crippen MR) is 98.9 cm³/mol. The molecule has 0 bridgehead atoms.